The molecule has 0 aromatic heterocycles. The van der Waals surface area contributed by atoms with Crippen molar-refractivity contribution in [1.29, 1.82) is 0 Å². The summed E-state index contributed by atoms with van der Waals surface area (Å²) in [6.45, 7) is 8.69. The fraction of sp³-hybridized carbons (Fsp3) is 0.857. The number of hydrogen-bond donors (Lipinski definition) is 1. The number of hydrogen-bond acceptors (Lipinski definition) is 1. The lowest BCUT2D eigenvalue weighted by molar-refractivity contribution is 0.0779. The molecular weight excluding hydrogens is 184 g/mol. The zero-order valence-electron chi connectivity index (χ0n) is 10.8. The Morgan fingerprint density at radius 2 is 2.13 bits per heavy atom. The third-order valence-electron chi connectivity index (χ3n) is 3.54. The van der Waals surface area contributed by atoms with Gasteiger partial charge in [-0.1, -0.05) is 39.7 Å². The molecule has 1 rings (SSSR count). The molecule has 1 nitrogen and oxygen atoms in total. The van der Waals surface area contributed by atoms with E-state index in [1.165, 1.54) is 18.4 Å². The van der Waals surface area contributed by atoms with Gasteiger partial charge in [0, 0.05) is 0 Å². The van der Waals surface area contributed by atoms with Crippen LogP contribution in [0.1, 0.15) is 66.2 Å². The first-order chi connectivity index (χ1) is 6.87. The summed E-state index contributed by atoms with van der Waals surface area (Å²) in [7, 11) is 0. The van der Waals surface area contributed by atoms with E-state index in [2.05, 4.69) is 26.8 Å². The predicted octanol–water partition coefficient (Wildman–Crippen LogP) is 4.06. The molecule has 1 heteroatoms. The van der Waals surface area contributed by atoms with Crippen LogP contribution in [-0.4, -0.2) is 10.7 Å². The Labute approximate surface area is 94.6 Å². The second-order valence-corrected chi connectivity index (χ2v) is 5.89. The van der Waals surface area contributed by atoms with Gasteiger partial charge in [0.25, 0.3) is 0 Å². The molecule has 0 heterocycles. The summed E-state index contributed by atoms with van der Waals surface area (Å²) >= 11 is 0. The van der Waals surface area contributed by atoms with Crippen molar-refractivity contribution in [3.63, 3.8) is 0 Å². The van der Waals surface area contributed by atoms with Crippen molar-refractivity contribution in [2.24, 2.45) is 5.41 Å². The van der Waals surface area contributed by atoms with E-state index in [1.807, 2.05) is 6.92 Å². The van der Waals surface area contributed by atoms with Crippen LogP contribution in [0, 0.1) is 5.41 Å². The molecule has 0 aromatic carbocycles. The monoisotopic (exact) mass is 210 g/mol. The van der Waals surface area contributed by atoms with Crippen molar-refractivity contribution in [2.45, 2.75) is 71.8 Å². The minimum atomic E-state index is -0.562. The molecule has 0 spiro atoms. The molecule has 1 N–H and O–H groups in total. The summed E-state index contributed by atoms with van der Waals surface area (Å²) < 4.78 is 0. The van der Waals surface area contributed by atoms with E-state index in [-0.39, 0.29) is 5.41 Å². The van der Waals surface area contributed by atoms with Gasteiger partial charge in [-0.2, -0.15) is 0 Å². The topological polar surface area (TPSA) is 20.2 Å². The number of aliphatic hydroxyl groups is 1. The van der Waals surface area contributed by atoms with Crippen LogP contribution >= 0.6 is 0 Å². The van der Waals surface area contributed by atoms with E-state index in [1.54, 1.807) is 0 Å². The predicted molar refractivity (Wildman–Crippen MR) is 65.9 cm³/mol. The van der Waals surface area contributed by atoms with Crippen LogP contribution in [0.5, 0.6) is 0 Å². The summed E-state index contributed by atoms with van der Waals surface area (Å²) in [5.41, 5.74) is 0.990. The van der Waals surface area contributed by atoms with E-state index in [9.17, 15) is 5.11 Å². The average molecular weight is 210 g/mol. The lowest BCUT2D eigenvalue weighted by Gasteiger charge is -2.35. The van der Waals surface area contributed by atoms with Crippen LogP contribution in [0.3, 0.4) is 0 Å². The van der Waals surface area contributed by atoms with Crippen molar-refractivity contribution >= 4 is 0 Å². The standard InChI is InChI=1S/C14H26O/c1-5-6-10-14(4,15)12-8-7-9-13(2,3)11-12/h11,15H,5-10H2,1-4H3. The molecule has 0 saturated carbocycles. The smallest absolute Gasteiger partial charge is 0.0828 e. The van der Waals surface area contributed by atoms with Crippen LogP contribution in [0.25, 0.3) is 0 Å². The molecule has 0 aromatic rings. The van der Waals surface area contributed by atoms with Gasteiger partial charge in [0.15, 0.2) is 0 Å². The SMILES string of the molecule is CCCCC(C)(O)C1=CC(C)(C)CCC1. The third-order valence-corrected chi connectivity index (χ3v) is 3.54. The summed E-state index contributed by atoms with van der Waals surface area (Å²) in [5, 5.41) is 10.4. The summed E-state index contributed by atoms with van der Waals surface area (Å²) in [6.07, 6.45) is 9.05. The van der Waals surface area contributed by atoms with Gasteiger partial charge in [-0.05, 0) is 43.6 Å². The zero-order chi connectivity index (χ0) is 11.5. The van der Waals surface area contributed by atoms with Crippen molar-refractivity contribution in [3.05, 3.63) is 11.6 Å². The van der Waals surface area contributed by atoms with Crippen LogP contribution in [0.4, 0.5) is 0 Å². The van der Waals surface area contributed by atoms with E-state index in [0.29, 0.717) is 0 Å². The third kappa shape index (κ3) is 3.64. The summed E-state index contributed by atoms with van der Waals surface area (Å²) in [4.78, 5) is 0. The fourth-order valence-corrected chi connectivity index (χ4v) is 2.46. The summed E-state index contributed by atoms with van der Waals surface area (Å²) in [6, 6.07) is 0. The maximum atomic E-state index is 10.4. The first kappa shape index (κ1) is 12.8. The fourth-order valence-electron chi connectivity index (χ4n) is 2.46. The molecule has 1 aliphatic rings. The van der Waals surface area contributed by atoms with Gasteiger partial charge in [-0.3, -0.25) is 0 Å². The minimum absolute atomic E-state index is 0.282. The molecule has 0 aliphatic heterocycles. The average Bonchev–Trinajstić information content (AvgIpc) is 2.13. The highest BCUT2D eigenvalue weighted by molar-refractivity contribution is 5.20. The number of unbranched alkanes of at least 4 members (excludes halogenated alkanes) is 1. The van der Waals surface area contributed by atoms with E-state index in [0.717, 1.165) is 25.7 Å². The van der Waals surface area contributed by atoms with Crippen molar-refractivity contribution in [1.82, 2.24) is 0 Å². The first-order valence-corrected chi connectivity index (χ1v) is 6.32. The van der Waals surface area contributed by atoms with Crippen molar-refractivity contribution in [3.8, 4) is 0 Å². The van der Waals surface area contributed by atoms with Crippen molar-refractivity contribution in [2.75, 3.05) is 0 Å². The maximum Gasteiger partial charge on any atom is 0.0828 e. The zero-order valence-corrected chi connectivity index (χ0v) is 10.8. The molecule has 0 fully saturated rings. The van der Waals surface area contributed by atoms with Crippen LogP contribution in [0.2, 0.25) is 0 Å². The Hall–Kier alpha value is -0.300. The van der Waals surface area contributed by atoms with Gasteiger partial charge in [-0.15, -0.1) is 0 Å². The van der Waals surface area contributed by atoms with Gasteiger partial charge in [0.05, 0.1) is 5.60 Å². The van der Waals surface area contributed by atoms with Gasteiger partial charge < -0.3 is 5.11 Å². The highest BCUT2D eigenvalue weighted by Crippen LogP contribution is 2.38. The Balaban J connectivity index is 2.73. The highest BCUT2D eigenvalue weighted by Gasteiger charge is 2.30. The summed E-state index contributed by atoms with van der Waals surface area (Å²) in [5.74, 6) is 0. The Morgan fingerprint density at radius 1 is 1.47 bits per heavy atom. The molecule has 0 amide bonds. The molecule has 1 aliphatic carbocycles. The first-order valence-electron chi connectivity index (χ1n) is 6.32. The Kier molecular flexibility index (Phi) is 3.99. The highest BCUT2D eigenvalue weighted by atomic mass is 16.3. The largest absolute Gasteiger partial charge is 0.386 e. The maximum absolute atomic E-state index is 10.4. The molecule has 0 radical (unpaired) electrons. The second kappa shape index (κ2) is 4.69. The van der Waals surface area contributed by atoms with Gasteiger partial charge in [-0.25, -0.2) is 0 Å². The van der Waals surface area contributed by atoms with E-state index < -0.39 is 5.60 Å². The van der Waals surface area contributed by atoms with E-state index in [4.69, 9.17) is 0 Å². The quantitative estimate of drug-likeness (QED) is 0.694. The second-order valence-electron chi connectivity index (χ2n) is 5.89. The molecule has 1 unspecified atom stereocenters. The van der Waals surface area contributed by atoms with Gasteiger partial charge >= 0.3 is 0 Å². The van der Waals surface area contributed by atoms with Gasteiger partial charge in [0.2, 0.25) is 0 Å². The minimum Gasteiger partial charge on any atom is -0.386 e. The number of rotatable bonds is 4. The molecule has 1 atom stereocenters. The molecular formula is C14H26O. The van der Waals surface area contributed by atoms with E-state index >= 15 is 0 Å². The Bertz CT molecular complexity index is 236. The lowest BCUT2D eigenvalue weighted by Crippen LogP contribution is -2.30. The molecule has 0 saturated heterocycles. The molecule has 88 valence electrons. The van der Waals surface area contributed by atoms with Crippen LogP contribution in [-0.2, 0) is 0 Å². The van der Waals surface area contributed by atoms with Gasteiger partial charge in [0.1, 0.15) is 0 Å². The lowest BCUT2D eigenvalue weighted by atomic mass is 9.74. The van der Waals surface area contributed by atoms with Crippen LogP contribution < -0.4 is 0 Å². The Morgan fingerprint density at radius 3 is 2.67 bits per heavy atom. The van der Waals surface area contributed by atoms with Crippen LogP contribution in [0.15, 0.2) is 11.6 Å². The van der Waals surface area contributed by atoms with Crippen molar-refractivity contribution < 1.29 is 5.11 Å². The molecule has 0 bridgehead atoms. The molecule has 15 heavy (non-hydrogen) atoms. The number of allylic oxidation sites excluding steroid dienone is 1. The normalized spacial score (nSPS) is 24.5.